The van der Waals surface area contributed by atoms with Gasteiger partial charge in [0.1, 0.15) is 17.5 Å². The van der Waals surface area contributed by atoms with Gasteiger partial charge in [-0.05, 0) is 35.4 Å². The minimum atomic E-state index is -0.423. The number of nitrogens with one attached hydrogen (secondary N) is 3. The Balaban J connectivity index is 1.47. The third-order valence-corrected chi connectivity index (χ3v) is 5.24. The number of nitrogens with zero attached hydrogens (tertiary/aromatic N) is 1. The molecular weight excluding hydrogens is 380 g/mol. The van der Waals surface area contributed by atoms with Crippen LogP contribution in [0, 0.1) is 0 Å². The van der Waals surface area contributed by atoms with Crippen LogP contribution < -0.4 is 25.8 Å². The van der Waals surface area contributed by atoms with Gasteiger partial charge in [-0.25, -0.2) is 16.3 Å². The topological polar surface area (TPSA) is 84.0 Å². The number of hydrazone groups is 1. The fourth-order valence-corrected chi connectivity index (χ4v) is 3.75. The molecule has 1 saturated heterocycles. The highest BCUT2D eigenvalue weighted by molar-refractivity contribution is 5.89. The van der Waals surface area contributed by atoms with E-state index in [2.05, 4.69) is 33.5 Å². The van der Waals surface area contributed by atoms with E-state index in [1.54, 1.807) is 20.4 Å². The van der Waals surface area contributed by atoms with Crippen molar-refractivity contribution in [3.8, 4) is 11.5 Å². The lowest BCUT2D eigenvalue weighted by Gasteiger charge is -2.17. The van der Waals surface area contributed by atoms with Crippen molar-refractivity contribution in [3.05, 3.63) is 71.8 Å². The predicted octanol–water partition coefficient (Wildman–Crippen LogP) is 2.91. The summed E-state index contributed by atoms with van der Waals surface area (Å²) in [6, 6.07) is 19.1. The van der Waals surface area contributed by atoms with E-state index in [1.807, 2.05) is 48.5 Å². The number of ether oxygens (including phenoxy) is 2. The number of methoxy groups -OCH3 is 2. The second-order valence-electron chi connectivity index (χ2n) is 7.01. The number of hydrazine groups is 1. The summed E-state index contributed by atoms with van der Waals surface area (Å²) in [6.07, 6.45) is 2.14. The largest absolute Gasteiger partial charge is 0.496 e. The van der Waals surface area contributed by atoms with Crippen molar-refractivity contribution in [2.75, 3.05) is 14.2 Å². The maximum Gasteiger partial charge on any atom is 0.258 e. The van der Waals surface area contributed by atoms with E-state index in [0.29, 0.717) is 12.2 Å². The van der Waals surface area contributed by atoms with E-state index in [0.717, 1.165) is 27.6 Å². The van der Waals surface area contributed by atoms with Crippen LogP contribution in [0.2, 0.25) is 0 Å². The molecule has 0 saturated carbocycles. The normalized spacial score (nSPS) is 18.6. The van der Waals surface area contributed by atoms with E-state index in [9.17, 15) is 4.79 Å². The molecule has 1 fully saturated rings. The van der Waals surface area contributed by atoms with Crippen molar-refractivity contribution in [3.63, 3.8) is 0 Å². The zero-order valence-corrected chi connectivity index (χ0v) is 16.9. The Kier molecular flexibility index (Phi) is 5.92. The van der Waals surface area contributed by atoms with Crippen molar-refractivity contribution in [2.24, 2.45) is 5.10 Å². The Bertz CT molecular complexity index is 1080. The fraction of sp³-hybridized carbons (Fsp3) is 0.217. The molecule has 2 atom stereocenters. The maximum absolute atomic E-state index is 12.6. The maximum atomic E-state index is 12.6. The molecule has 0 spiro atoms. The second kappa shape index (κ2) is 8.94. The summed E-state index contributed by atoms with van der Waals surface area (Å²) in [4.78, 5) is 12.6. The van der Waals surface area contributed by atoms with Crippen molar-refractivity contribution < 1.29 is 14.3 Å². The molecular formula is C23H24N4O3. The Morgan fingerprint density at radius 3 is 2.60 bits per heavy atom. The first kappa shape index (κ1) is 19.9. The number of fused-ring (bicyclic) bond motifs is 1. The van der Waals surface area contributed by atoms with Gasteiger partial charge in [-0.2, -0.15) is 5.10 Å². The van der Waals surface area contributed by atoms with E-state index in [4.69, 9.17) is 9.47 Å². The number of rotatable bonds is 6. The van der Waals surface area contributed by atoms with Gasteiger partial charge in [-0.15, -0.1) is 0 Å². The predicted molar refractivity (Wildman–Crippen MR) is 117 cm³/mol. The molecule has 7 nitrogen and oxygen atoms in total. The summed E-state index contributed by atoms with van der Waals surface area (Å²) >= 11 is 0. The van der Waals surface area contributed by atoms with Crippen molar-refractivity contribution in [1.82, 2.24) is 16.3 Å². The molecule has 154 valence electrons. The van der Waals surface area contributed by atoms with Gasteiger partial charge >= 0.3 is 0 Å². The minimum Gasteiger partial charge on any atom is -0.496 e. The molecule has 0 bridgehead atoms. The summed E-state index contributed by atoms with van der Waals surface area (Å²) in [5.41, 5.74) is 10.7. The van der Waals surface area contributed by atoms with E-state index < -0.39 is 6.04 Å². The third kappa shape index (κ3) is 3.98. The standard InChI is InChI=1S/C23H24N4O3/c1-29-20-10-6-4-8-16(20)14-24-27-23(28)19-13-18(25-26-19)22-17-9-5-3-7-15(17)11-12-21(22)30-2/h3-12,14,18-19,25-26H,13H2,1-2H3,(H,27,28)/b24-14+. The number of amides is 1. The van der Waals surface area contributed by atoms with Gasteiger partial charge in [0.25, 0.3) is 5.91 Å². The third-order valence-electron chi connectivity index (χ3n) is 5.24. The molecule has 3 N–H and O–H groups in total. The van der Waals surface area contributed by atoms with Crippen molar-refractivity contribution >= 4 is 22.9 Å². The number of hydrogen-bond donors (Lipinski definition) is 3. The average molecular weight is 404 g/mol. The first-order chi connectivity index (χ1) is 14.7. The molecule has 3 aromatic carbocycles. The van der Waals surface area contributed by atoms with E-state index in [-0.39, 0.29) is 11.9 Å². The molecule has 1 aliphatic rings. The van der Waals surface area contributed by atoms with Crippen LogP contribution in [-0.4, -0.2) is 32.4 Å². The molecule has 7 heteroatoms. The molecule has 4 rings (SSSR count). The molecule has 1 heterocycles. The zero-order chi connectivity index (χ0) is 20.9. The second-order valence-corrected chi connectivity index (χ2v) is 7.01. The van der Waals surface area contributed by atoms with Gasteiger partial charge < -0.3 is 9.47 Å². The zero-order valence-electron chi connectivity index (χ0n) is 16.9. The molecule has 1 aliphatic heterocycles. The van der Waals surface area contributed by atoms with Gasteiger partial charge in [0.05, 0.1) is 26.5 Å². The number of carbonyl (C=O) groups excluding carboxylic acids is 1. The van der Waals surface area contributed by atoms with Crippen molar-refractivity contribution in [2.45, 2.75) is 18.5 Å². The minimum absolute atomic E-state index is 0.0694. The quantitative estimate of drug-likeness (QED) is 0.435. The molecule has 0 aliphatic carbocycles. The SMILES string of the molecule is COc1ccccc1/C=N/NC(=O)C1CC(c2c(OC)ccc3ccccc23)NN1. The number of benzene rings is 3. The summed E-state index contributed by atoms with van der Waals surface area (Å²) < 4.78 is 10.9. The summed E-state index contributed by atoms with van der Waals surface area (Å²) in [5, 5.41) is 6.31. The Labute approximate surface area is 175 Å². The highest BCUT2D eigenvalue weighted by atomic mass is 16.5. The van der Waals surface area contributed by atoms with Crippen LogP contribution >= 0.6 is 0 Å². The smallest absolute Gasteiger partial charge is 0.258 e. The number of hydrogen-bond acceptors (Lipinski definition) is 6. The van der Waals surface area contributed by atoms with Crippen LogP contribution in [0.25, 0.3) is 10.8 Å². The van der Waals surface area contributed by atoms with Gasteiger partial charge in [-0.3, -0.25) is 4.79 Å². The summed E-state index contributed by atoms with van der Waals surface area (Å²) in [6.45, 7) is 0. The van der Waals surface area contributed by atoms with E-state index >= 15 is 0 Å². The van der Waals surface area contributed by atoms with Gasteiger partial charge in [0.2, 0.25) is 0 Å². The molecule has 2 unspecified atom stereocenters. The lowest BCUT2D eigenvalue weighted by Crippen LogP contribution is -2.41. The van der Waals surface area contributed by atoms with Gasteiger partial charge in [-0.1, -0.05) is 42.5 Å². The molecule has 30 heavy (non-hydrogen) atoms. The van der Waals surface area contributed by atoms with Crippen molar-refractivity contribution in [1.29, 1.82) is 0 Å². The lowest BCUT2D eigenvalue weighted by atomic mass is 9.95. The average Bonchev–Trinajstić information content (AvgIpc) is 3.28. The highest BCUT2D eigenvalue weighted by Gasteiger charge is 2.32. The number of para-hydroxylation sites is 1. The summed E-state index contributed by atoms with van der Waals surface area (Å²) in [7, 11) is 3.26. The van der Waals surface area contributed by atoms with Crippen LogP contribution in [0.1, 0.15) is 23.6 Å². The Morgan fingerprint density at radius 2 is 1.77 bits per heavy atom. The van der Waals surface area contributed by atoms with E-state index in [1.165, 1.54) is 0 Å². The molecule has 1 amide bonds. The molecule has 0 radical (unpaired) electrons. The van der Waals surface area contributed by atoms with Crippen LogP contribution in [-0.2, 0) is 4.79 Å². The van der Waals surface area contributed by atoms with Crippen LogP contribution in [0.4, 0.5) is 0 Å². The van der Waals surface area contributed by atoms with Gasteiger partial charge in [0.15, 0.2) is 0 Å². The lowest BCUT2D eigenvalue weighted by molar-refractivity contribution is -0.122. The van der Waals surface area contributed by atoms with Crippen LogP contribution in [0.5, 0.6) is 11.5 Å². The summed E-state index contributed by atoms with van der Waals surface area (Å²) in [5.74, 6) is 1.28. The fourth-order valence-electron chi connectivity index (χ4n) is 3.75. The molecule has 3 aromatic rings. The Morgan fingerprint density at radius 1 is 1.00 bits per heavy atom. The Hall–Kier alpha value is -3.42. The van der Waals surface area contributed by atoms with Gasteiger partial charge in [0, 0.05) is 11.1 Å². The number of carbonyl (C=O) groups is 1. The van der Waals surface area contributed by atoms with Crippen LogP contribution in [0.3, 0.4) is 0 Å². The first-order valence-electron chi connectivity index (χ1n) is 9.74. The first-order valence-corrected chi connectivity index (χ1v) is 9.74. The monoisotopic (exact) mass is 404 g/mol. The van der Waals surface area contributed by atoms with Crippen LogP contribution in [0.15, 0.2) is 65.8 Å². The molecule has 0 aromatic heterocycles. The highest BCUT2D eigenvalue weighted by Crippen LogP contribution is 2.36.